The van der Waals surface area contributed by atoms with E-state index in [1.165, 1.54) is 11.1 Å². The van der Waals surface area contributed by atoms with E-state index in [1.54, 1.807) is 18.6 Å². The van der Waals surface area contributed by atoms with Crippen LogP contribution in [0.5, 0.6) is 0 Å². The number of nitrogens with one attached hydrogen (secondary N) is 1. The van der Waals surface area contributed by atoms with E-state index in [1.807, 2.05) is 18.6 Å². The van der Waals surface area contributed by atoms with Crippen LogP contribution in [-0.2, 0) is 13.1 Å². The summed E-state index contributed by atoms with van der Waals surface area (Å²) in [6.07, 6.45) is 9.21. The summed E-state index contributed by atoms with van der Waals surface area (Å²) in [4.78, 5) is 22.3. The minimum absolute atomic E-state index is 0. The van der Waals surface area contributed by atoms with Gasteiger partial charge in [0.05, 0.1) is 12.9 Å². The lowest BCUT2D eigenvalue weighted by Crippen LogP contribution is -2.52. The molecule has 1 aromatic carbocycles. The van der Waals surface area contributed by atoms with E-state index in [2.05, 4.69) is 65.8 Å². The van der Waals surface area contributed by atoms with Gasteiger partial charge in [0.1, 0.15) is 0 Å². The fourth-order valence-electron chi connectivity index (χ4n) is 3.58. The third-order valence-electron chi connectivity index (χ3n) is 5.08. The molecule has 9 heteroatoms. The van der Waals surface area contributed by atoms with Crippen molar-refractivity contribution in [1.82, 2.24) is 29.7 Å². The molecule has 31 heavy (non-hydrogen) atoms. The first-order valence-corrected chi connectivity index (χ1v) is 10.4. The van der Waals surface area contributed by atoms with Crippen molar-refractivity contribution in [3.8, 4) is 0 Å². The molecule has 2 aromatic heterocycles. The molecule has 1 fully saturated rings. The van der Waals surface area contributed by atoms with E-state index >= 15 is 0 Å². The maximum atomic E-state index is 4.91. The summed E-state index contributed by atoms with van der Waals surface area (Å²) in [6.45, 7) is 7.99. The second kappa shape index (κ2) is 11.6. The third-order valence-corrected chi connectivity index (χ3v) is 5.08. The van der Waals surface area contributed by atoms with Crippen LogP contribution in [0.2, 0.25) is 0 Å². The topological polar surface area (TPSA) is 74.5 Å². The van der Waals surface area contributed by atoms with E-state index in [0.717, 1.165) is 51.2 Å². The number of aliphatic imine (C=N–C) groups is 1. The van der Waals surface area contributed by atoms with Crippen LogP contribution in [-0.4, -0.2) is 63.1 Å². The van der Waals surface area contributed by atoms with E-state index in [0.29, 0.717) is 6.54 Å². The average Bonchev–Trinajstić information content (AvgIpc) is 3.31. The van der Waals surface area contributed by atoms with Crippen LogP contribution in [0, 0.1) is 0 Å². The van der Waals surface area contributed by atoms with Gasteiger partial charge in [0, 0.05) is 64.1 Å². The highest BCUT2D eigenvalue weighted by atomic mass is 127. The highest BCUT2D eigenvalue weighted by molar-refractivity contribution is 14.0. The molecule has 0 amide bonds. The normalized spacial score (nSPS) is 14.3. The first kappa shape index (κ1) is 23.0. The van der Waals surface area contributed by atoms with Crippen LogP contribution in [0.1, 0.15) is 18.1 Å². The molecule has 3 heterocycles. The van der Waals surface area contributed by atoms with Crippen molar-refractivity contribution in [2.45, 2.75) is 20.0 Å². The van der Waals surface area contributed by atoms with Crippen molar-refractivity contribution in [2.75, 3.05) is 37.6 Å². The van der Waals surface area contributed by atoms with Gasteiger partial charge in [-0.3, -0.25) is 0 Å². The van der Waals surface area contributed by atoms with Gasteiger partial charge in [-0.05, 0) is 24.1 Å². The molecule has 1 aliphatic rings. The van der Waals surface area contributed by atoms with Gasteiger partial charge in [-0.2, -0.15) is 0 Å². The lowest BCUT2D eigenvalue weighted by molar-refractivity contribution is 0.370. The third kappa shape index (κ3) is 6.39. The van der Waals surface area contributed by atoms with Gasteiger partial charge < -0.3 is 19.7 Å². The predicted molar refractivity (Wildman–Crippen MR) is 134 cm³/mol. The number of rotatable bonds is 6. The van der Waals surface area contributed by atoms with Gasteiger partial charge in [-0.25, -0.2) is 19.9 Å². The number of aromatic nitrogens is 4. The molecule has 0 bridgehead atoms. The minimum atomic E-state index is 0. The van der Waals surface area contributed by atoms with Crippen molar-refractivity contribution in [3.63, 3.8) is 0 Å². The van der Waals surface area contributed by atoms with Gasteiger partial charge >= 0.3 is 0 Å². The van der Waals surface area contributed by atoms with E-state index < -0.39 is 0 Å². The molecule has 0 unspecified atom stereocenters. The number of hydrogen-bond acceptors (Lipinski definition) is 5. The van der Waals surface area contributed by atoms with Gasteiger partial charge in [0.15, 0.2) is 5.96 Å². The highest BCUT2D eigenvalue weighted by Crippen LogP contribution is 2.12. The number of imidazole rings is 1. The highest BCUT2D eigenvalue weighted by Gasteiger charge is 2.21. The average molecular weight is 532 g/mol. The predicted octanol–water partition coefficient (Wildman–Crippen LogP) is 2.63. The smallest absolute Gasteiger partial charge is 0.225 e. The molecular weight excluding hydrogens is 503 g/mol. The van der Waals surface area contributed by atoms with Crippen LogP contribution in [0.25, 0.3) is 0 Å². The Bertz CT molecular complexity index is 937. The van der Waals surface area contributed by atoms with Gasteiger partial charge in [-0.15, -0.1) is 24.0 Å². The molecule has 1 aliphatic heterocycles. The Balaban J connectivity index is 0.00000272. The molecule has 3 aromatic rings. The number of hydrogen-bond donors (Lipinski definition) is 1. The maximum Gasteiger partial charge on any atom is 0.225 e. The zero-order chi connectivity index (χ0) is 20.6. The summed E-state index contributed by atoms with van der Waals surface area (Å²) in [5, 5.41) is 3.44. The van der Waals surface area contributed by atoms with E-state index in [-0.39, 0.29) is 24.0 Å². The molecule has 8 nitrogen and oxygen atoms in total. The first-order valence-electron chi connectivity index (χ1n) is 10.4. The Morgan fingerprint density at radius 3 is 2.52 bits per heavy atom. The van der Waals surface area contributed by atoms with Gasteiger partial charge in [-0.1, -0.05) is 24.3 Å². The summed E-state index contributed by atoms with van der Waals surface area (Å²) < 4.78 is 2.07. The summed E-state index contributed by atoms with van der Waals surface area (Å²) >= 11 is 0. The zero-order valence-corrected chi connectivity index (χ0v) is 20.1. The standard InChI is InChI=1S/C22H28N8.HI/c1-2-24-21(29-11-13-30(14-12-29)22-25-7-4-8-26-22)27-16-19-5-3-6-20(15-19)17-28-10-9-23-18-28;/h3-10,15,18H,2,11-14,16-17H2,1H3,(H,24,27);1H. The number of piperazine rings is 1. The van der Waals surface area contributed by atoms with E-state index in [9.17, 15) is 0 Å². The summed E-state index contributed by atoms with van der Waals surface area (Å²) in [7, 11) is 0. The van der Waals surface area contributed by atoms with Crippen LogP contribution < -0.4 is 10.2 Å². The Kier molecular flexibility index (Phi) is 8.63. The molecule has 1 N–H and O–H groups in total. The molecule has 1 saturated heterocycles. The van der Waals surface area contributed by atoms with Gasteiger partial charge in [0.25, 0.3) is 0 Å². The number of benzene rings is 1. The van der Waals surface area contributed by atoms with Crippen LogP contribution in [0.4, 0.5) is 5.95 Å². The van der Waals surface area contributed by atoms with Crippen molar-refractivity contribution in [3.05, 3.63) is 72.6 Å². The molecule has 0 aliphatic carbocycles. The van der Waals surface area contributed by atoms with Crippen LogP contribution in [0.3, 0.4) is 0 Å². The molecular formula is C22H29IN8. The van der Waals surface area contributed by atoms with Crippen LogP contribution in [0.15, 0.2) is 66.4 Å². The quantitative estimate of drug-likeness (QED) is 0.299. The van der Waals surface area contributed by atoms with Crippen molar-refractivity contribution < 1.29 is 0 Å². The second-order valence-corrected chi connectivity index (χ2v) is 7.25. The Morgan fingerprint density at radius 1 is 1.03 bits per heavy atom. The minimum Gasteiger partial charge on any atom is -0.357 e. The molecule has 0 radical (unpaired) electrons. The second-order valence-electron chi connectivity index (χ2n) is 7.25. The summed E-state index contributed by atoms with van der Waals surface area (Å²) in [6, 6.07) is 10.4. The molecule has 4 rings (SSSR count). The van der Waals surface area contributed by atoms with Crippen LogP contribution >= 0.6 is 24.0 Å². The zero-order valence-electron chi connectivity index (χ0n) is 17.8. The first-order chi connectivity index (χ1) is 14.8. The fourth-order valence-corrected chi connectivity index (χ4v) is 3.58. The van der Waals surface area contributed by atoms with Crippen molar-refractivity contribution in [1.29, 1.82) is 0 Å². The maximum absolute atomic E-state index is 4.91. The lowest BCUT2D eigenvalue weighted by Gasteiger charge is -2.36. The fraction of sp³-hybridized carbons (Fsp3) is 0.364. The Morgan fingerprint density at radius 2 is 1.81 bits per heavy atom. The van der Waals surface area contributed by atoms with Crippen molar-refractivity contribution in [2.24, 2.45) is 4.99 Å². The molecule has 164 valence electrons. The summed E-state index contributed by atoms with van der Waals surface area (Å²) in [5.74, 6) is 1.76. The van der Waals surface area contributed by atoms with Crippen molar-refractivity contribution >= 4 is 35.9 Å². The van der Waals surface area contributed by atoms with Gasteiger partial charge in [0.2, 0.25) is 5.95 Å². The number of halogens is 1. The Labute approximate surface area is 200 Å². The molecule has 0 spiro atoms. The Hall–Kier alpha value is -2.69. The lowest BCUT2D eigenvalue weighted by atomic mass is 10.1. The SMILES string of the molecule is CCNC(=NCc1cccc(Cn2ccnc2)c1)N1CCN(c2ncccn2)CC1.I. The molecule has 0 saturated carbocycles. The number of guanidine groups is 1. The van der Waals surface area contributed by atoms with E-state index in [4.69, 9.17) is 4.99 Å². The monoisotopic (exact) mass is 532 g/mol. The number of anilines is 1. The number of nitrogens with zero attached hydrogens (tertiary/aromatic N) is 7. The summed E-state index contributed by atoms with van der Waals surface area (Å²) in [5.41, 5.74) is 2.46. The molecule has 0 atom stereocenters. The largest absolute Gasteiger partial charge is 0.357 e.